The van der Waals surface area contributed by atoms with E-state index in [0.717, 1.165) is 6.54 Å². The summed E-state index contributed by atoms with van der Waals surface area (Å²) >= 11 is 1.70. The van der Waals surface area contributed by atoms with Gasteiger partial charge in [-0.05, 0) is 43.5 Å². The Kier molecular flexibility index (Phi) is 7.74. The van der Waals surface area contributed by atoms with Gasteiger partial charge in [0.1, 0.15) is 17.6 Å². The van der Waals surface area contributed by atoms with Crippen molar-refractivity contribution in [2.45, 2.75) is 26.0 Å². The molecule has 0 saturated heterocycles. The van der Waals surface area contributed by atoms with Crippen LogP contribution in [0.4, 0.5) is 0 Å². The van der Waals surface area contributed by atoms with Crippen molar-refractivity contribution >= 4 is 17.3 Å². The highest BCUT2D eigenvalue weighted by Crippen LogP contribution is 2.29. The summed E-state index contributed by atoms with van der Waals surface area (Å²) < 4.78 is 10.6. The Morgan fingerprint density at radius 2 is 2.08 bits per heavy atom. The van der Waals surface area contributed by atoms with Gasteiger partial charge in [0.25, 0.3) is 0 Å². The first-order valence-electron chi connectivity index (χ1n) is 8.57. The zero-order valence-corrected chi connectivity index (χ0v) is 16.5. The molecule has 7 heteroatoms. The van der Waals surface area contributed by atoms with Crippen molar-refractivity contribution in [1.29, 1.82) is 0 Å². The number of nitrogens with one attached hydrogen (secondary N) is 2. The first-order valence-corrected chi connectivity index (χ1v) is 9.45. The molecule has 2 atom stereocenters. The molecule has 3 N–H and O–H groups in total. The summed E-state index contributed by atoms with van der Waals surface area (Å²) in [7, 11) is 3.17. The largest absolute Gasteiger partial charge is 0.497 e. The van der Waals surface area contributed by atoms with Gasteiger partial charge in [0.15, 0.2) is 5.96 Å². The molecule has 1 heterocycles. The second kappa shape index (κ2) is 10.0. The van der Waals surface area contributed by atoms with Crippen LogP contribution >= 0.6 is 11.3 Å². The van der Waals surface area contributed by atoms with Crippen molar-refractivity contribution < 1.29 is 14.6 Å². The predicted octanol–water partition coefficient (Wildman–Crippen LogP) is 3.12. The van der Waals surface area contributed by atoms with Crippen molar-refractivity contribution in [3.05, 3.63) is 46.2 Å². The molecule has 26 heavy (non-hydrogen) atoms. The van der Waals surface area contributed by atoms with Gasteiger partial charge in [-0.1, -0.05) is 6.07 Å². The summed E-state index contributed by atoms with van der Waals surface area (Å²) in [5.41, 5.74) is 0.651. The van der Waals surface area contributed by atoms with E-state index in [1.165, 1.54) is 4.88 Å². The average molecular weight is 378 g/mol. The lowest BCUT2D eigenvalue weighted by molar-refractivity contribution is 0.182. The summed E-state index contributed by atoms with van der Waals surface area (Å²) in [5.74, 6) is 1.94. The molecule has 6 nitrogen and oxygen atoms in total. The fraction of sp³-hybridized carbons (Fsp3) is 0.421. The number of nitrogens with zero attached hydrogens (tertiary/aromatic N) is 1. The Morgan fingerprint density at radius 1 is 1.27 bits per heavy atom. The Hall–Kier alpha value is -2.25. The third-order valence-corrected chi connectivity index (χ3v) is 4.94. The molecule has 0 saturated carbocycles. The van der Waals surface area contributed by atoms with Gasteiger partial charge in [-0.3, -0.25) is 4.99 Å². The van der Waals surface area contributed by atoms with Gasteiger partial charge in [-0.15, -0.1) is 11.3 Å². The molecule has 142 valence electrons. The standard InChI is InChI=1S/C19H27N3O3S/c1-5-20-19(22-13(2)18-7-6-10-26-18)21-12-16(23)15-11-14(24-3)8-9-17(15)25-4/h6-11,13,16,23H,5,12H2,1-4H3,(H2,20,21,22). The molecular weight excluding hydrogens is 350 g/mol. The quantitative estimate of drug-likeness (QED) is 0.487. The number of rotatable bonds is 8. The molecule has 0 radical (unpaired) electrons. The molecule has 0 aliphatic carbocycles. The van der Waals surface area contributed by atoms with E-state index in [9.17, 15) is 5.11 Å². The fourth-order valence-electron chi connectivity index (χ4n) is 2.51. The Labute approximate surface area is 158 Å². The van der Waals surface area contributed by atoms with Crippen molar-refractivity contribution in [2.24, 2.45) is 4.99 Å². The van der Waals surface area contributed by atoms with Crippen LogP contribution in [0.3, 0.4) is 0 Å². The van der Waals surface area contributed by atoms with E-state index in [4.69, 9.17) is 9.47 Å². The van der Waals surface area contributed by atoms with Crippen LogP contribution in [0.5, 0.6) is 11.5 Å². The number of aliphatic imine (C=N–C) groups is 1. The first kappa shape index (κ1) is 20.1. The molecule has 2 unspecified atom stereocenters. The summed E-state index contributed by atoms with van der Waals surface area (Å²) in [6.07, 6.45) is -0.799. The van der Waals surface area contributed by atoms with E-state index in [1.54, 1.807) is 43.8 Å². The van der Waals surface area contributed by atoms with Crippen LogP contribution in [-0.4, -0.2) is 38.4 Å². The molecule has 0 amide bonds. The number of aliphatic hydroxyl groups excluding tert-OH is 1. The van der Waals surface area contributed by atoms with Crippen molar-refractivity contribution in [1.82, 2.24) is 10.6 Å². The van der Waals surface area contributed by atoms with Gasteiger partial charge in [-0.2, -0.15) is 0 Å². The molecule has 2 rings (SSSR count). The summed E-state index contributed by atoms with van der Waals surface area (Å²) in [6, 6.07) is 9.60. The number of thiophene rings is 1. The van der Waals surface area contributed by atoms with Crippen LogP contribution in [-0.2, 0) is 0 Å². The third-order valence-electron chi connectivity index (χ3n) is 3.89. The third kappa shape index (κ3) is 5.37. The number of ether oxygens (including phenoxy) is 2. The molecule has 0 fully saturated rings. The van der Waals surface area contributed by atoms with Gasteiger partial charge in [0, 0.05) is 17.0 Å². The molecule has 0 bridgehead atoms. The van der Waals surface area contributed by atoms with Gasteiger partial charge < -0.3 is 25.2 Å². The highest BCUT2D eigenvalue weighted by Gasteiger charge is 2.15. The maximum atomic E-state index is 10.6. The number of methoxy groups -OCH3 is 2. The Bertz CT molecular complexity index is 704. The minimum absolute atomic E-state index is 0.135. The van der Waals surface area contributed by atoms with Crippen LogP contribution in [0.25, 0.3) is 0 Å². The second-order valence-corrected chi connectivity index (χ2v) is 6.70. The lowest BCUT2D eigenvalue weighted by Gasteiger charge is -2.18. The molecular formula is C19H27N3O3S. The van der Waals surface area contributed by atoms with E-state index in [0.29, 0.717) is 23.0 Å². The molecule has 0 aliphatic heterocycles. The van der Waals surface area contributed by atoms with Gasteiger partial charge in [0.05, 0.1) is 26.8 Å². The zero-order valence-electron chi connectivity index (χ0n) is 15.7. The second-order valence-electron chi connectivity index (χ2n) is 5.72. The number of benzene rings is 1. The van der Waals surface area contributed by atoms with Gasteiger partial charge >= 0.3 is 0 Å². The zero-order chi connectivity index (χ0) is 18.9. The first-order chi connectivity index (χ1) is 12.6. The normalized spacial score (nSPS) is 13.8. The number of guanidine groups is 1. The summed E-state index contributed by atoms with van der Waals surface area (Å²) in [6.45, 7) is 5.03. The summed E-state index contributed by atoms with van der Waals surface area (Å²) in [4.78, 5) is 5.75. The van der Waals surface area contributed by atoms with E-state index < -0.39 is 6.10 Å². The molecule has 1 aromatic carbocycles. The van der Waals surface area contributed by atoms with E-state index in [2.05, 4.69) is 34.0 Å². The van der Waals surface area contributed by atoms with Gasteiger partial charge in [0.2, 0.25) is 0 Å². The maximum absolute atomic E-state index is 10.6. The molecule has 1 aromatic heterocycles. The van der Waals surface area contributed by atoms with Gasteiger partial charge in [-0.25, -0.2) is 0 Å². The maximum Gasteiger partial charge on any atom is 0.191 e. The average Bonchev–Trinajstić information content (AvgIpc) is 3.20. The van der Waals surface area contributed by atoms with E-state index >= 15 is 0 Å². The highest BCUT2D eigenvalue weighted by atomic mass is 32.1. The van der Waals surface area contributed by atoms with Crippen LogP contribution < -0.4 is 20.1 Å². The van der Waals surface area contributed by atoms with Crippen LogP contribution in [0.1, 0.15) is 36.4 Å². The van der Waals surface area contributed by atoms with Crippen molar-refractivity contribution in [3.63, 3.8) is 0 Å². The van der Waals surface area contributed by atoms with E-state index in [1.807, 2.05) is 13.0 Å². The van der Waals surface area contributed by atoms with Crippen LogP contribution in [0.15, 0.2) is 40.7 Å². The monoisotopic (exact) mass is 377 g/mol. The van der Waals surface area contributed by atoms with Crippen LogP contribution in [0, 0.1) is 0 Å². The SMILES string of the molecule is CCNC(=NCC(O)c1cc(OC)ccc1OC)NC(C)c1cccs1. The Balaban J connectivity index is 2.10. The van der Waals surface area contributed by atoms with Crippen molar-refractivity contribution in [3.8, 4) is 11.5 Å². The predicted molar refractivity (Wildman–Crippen MR) is 106 cm³/mol. The molecule has 0 aliphatic rings. The van der Waals surface area contributed by atoms with E-state index in [-0.39, 0.29) is 12.6 Å². The Morgan fingerprint density at radius 3 is 2.69 bits per heavy atom. The lowest BCUT2D eigenvalue weighted by atomic mass is 10.1. The smallest absolute Gasteiger partial charge is 0.191 e. The minimum atomic E-state index is -0.799. The molecule has 0 spiro atoms. The number of aliphatic hydroxyl groups is 1. The molecule has 2 aromatic rings. The fourth-order valence-corrected chi connectivity index (χ4v) is 3.24. The number of hydrogen-bond donors (Lipinski definition) is 3. The highest BCUT2D eigenvalue weighted by molar-refractivity contribution is 7.10. The minimum Gasteiger partial charge on any atom is -0.497 e. The van der Waals surface area contributed by atoms with Crippen molar-refractivity contribution in [2.75, 3.05) is 27.3 Å². The van der Waals surface area contributed by atoms with Crippen LogP contribution in [0.2, 0.25) is 0 Å². The summed E-state index contributed by atoms with van der Waals surface area (Å²) in [5, 5.41) is 19.2. The lowest BCUT2D eigenvalue weighted by Crippen LogP contribution is -2.38. The topological polar surface area (TPSA) is 75.1 Å². The number of hydrogen-bond acceptors (Lipinski definition) is 5.